The van der Waals surface area contributed by atoms with Crippen molar-refractivity contribution in [1.29, 1.82) is 0 Å². The number of hydrogen-bond acceptors (Lipinski definition) is 5. The second kappa shape index (κ2) is 5.93. The van der Waals surface area contributed by atoms with Gasteiger partial charge in [0.25, 0.3) is 0 Å². The van der Waals surface area contributed by atoms with Crippen molar-refractivity contribution in [3.63, 3.8) is 0 Å². The topological polar surface area (TPSA) is 68.5 Å². The Hall–Kier alpha value is -1.98. The fourth-order valence-corrected chi connectivity index (χ4v) is 1.50. The lowest BCUT2D eigenvalue weighted by atomic mass is 10.3. The molecule has 90 valence electrons. The van der Waals surface area contributed by atoms with Gasteiger partial charge in [0.05, 0.1) is 6.20 Å². The van der Waals surface area contributed by atoms with Gasteiger partial charge in [-0.1, -0.05) is 12.1 Å². The van der Waals surface area contributed by atoms with Crippen LogP contribution < -0.4 is 5.32 Å². The Morgan fingerprint density at radius 1 is 1.35 bits per heavy atom. The zero-order valence-corrected chi connectivity index (χ0v) is 9.87. The van der Waals surface area contributed by atoms with Crippen molar-refractivity contribution in [3.8, 4) is 0 Å². The summed E-state index contributed by atoms with van der Waals surface area (Å²) in [5.74, 6) is 0.885. The SMILES string of the molecule is CCc1cc(NCCCn2ccnn2)ncn1. The first-order valence-electron chi connectivity index (χ1n) is 5.77. The molecule has 2 aromatic rings. The predicted molar refractivity (Wildman–Crippen MR) is 64.5 cm³/mol. The van der Waals surface area contributed by atoms with Gasteiger partial charge in [-0.25, -0.2) is 9.97 Å². The van der Waals surface area contributed by atoms with E-state index < -0.39 is 0 Å². The van der Waals surface area contributed by atoms with Crippen LogP contribution in [0.25, 0.3) is 0 Å². The highest BCUT2D eigenvalue weighted by Crippen LogP contribution is 2.04. The molecule has 0 radical (unpaired) electrons. The van der Waals surface area contributed by atoms with E-state index in [0.29, 0.717) is 0 Å². The first-order valence-corrected chi connectivity index (χ1v) is 5.77. The molecule has 6 nitrogen and oxygen atoms in total. The minimum absolute atomic E-state index is 0.860. The van der Waals surface area contributed by atoms with E-state index in [9.17, 15) is 0 Å². The lowest BCUT2D eigenvalue weighted by molar-refractivity contribution is 0.569. The minimum atomic E-state index is 0.860. The van der Waals surface area contributed by atoms with Crippen molar-refractivity contribution < 1.29 is 0 Å². The molecule has 0 fully saturated rings. The van der Waals surface area contributed by atoms with Crippen molar-refractivity contribution in [2.45, 2.75) is 26.3 Å². The summed E-state index contributed by atoms with van der Waals surface area (Å²) < 4.78 is 1.82. The van der Waals surface area contributed by atoms with Crippen LogP contribution in [0, 0.1) is 0 Å². The number of nitrogens with one attached hydrogen (secondary N) is 1. The summed E-state index contributed by atoms with van der Waals surface area (Å²) in [6.07, 6.45) is 7.05. The van der Waals surface area contributed by atoms with Crippen molar-refractivity contribution in [1.82, 2.24) is 25.0 Å². The van der Waals surface area contributed by atoms with Gasteiger partial charge in [0.15, 0.2) is 0 Å². The van der Waals surface area contributed by atoms with E-state index in [0.717, 1.165) is 37.4 Å². The fourth-order valence-electron chi connectivity index (χ4n) is 1.50. The highest BCUT2D eigenvalue weighted by atomic mass is 15.4. The number of aromatic nitrogens is 5. The van der Waals surface area contributed by atoms with E-state index in [1.54, 1.807) is 12.5 Å². The maximum Gasteiger partial charge on any atom is 0.129 e. The lowest BCUT2D eigenvalue weighted by Gasteiger charge is -2.06. The maximum absolute atomic E-state index is 4.16. The molecule has 0 aromatic carbocycles. The van der Waals surface area contributed by atoms with Crippen LogP contribution >= 0.6 is 0 Å². The molecule has 0 spiro atoms. The zero-order valence-electron chi connectivity index (χ0n) is 9.87. The third-order valence-corrected chi connectivity index (χ3v) is 2.43. The van der Waals surface area contributed by atoms with Gasteiger partial charge in [0.2, 0.25) is 0 Å². The van der Waals surface area contributed by atoms with Crippen LogP contribution in [0.1, 0.15) is 19.0 Å². The summed E-state index contributed by atoms with van der Waals surface area (Å²) in [7, 11) is 0. The highest BCUT2D eigenvalue weighted by Gasteiger charge is 1.97. The van der Waals surface area contributed by atoms with Crippen LogP contribution in [0.3, 0.4) is 0 Å². The molecule has 6 heteroatoms. The average molecular weight is 232 g/mol. The molecule has 0 saturated carbocycles. The standard InChI is InChI=1S/C11H16N6/c1-2-10-8-11(14-9-13-10)12-4-3-6-17-7-5-15-16-17/h5,7-9H,2-4,6H2,1H3,(H,12,13,14). The van der Waals surface area contributed by atoms with Gasteiger partial charge in [-0.2, -0.15) is 0 Å². The van der Waals surface area contributed by atoms with Gasteiger partial charge < -0.3 is 5.32 Å². The summed E-state index contributed by atoms with van der Waals surface area (Å²) in [5, 5.41) is 10.9. The maximum atomic E-state index is 4.16. The van der Waals surface area contributed by atoms with Crippen molar-refractivity contribution in [2.24, 2.45) is 0 Å². The Kier molecular flexibility index (Phi) is 4.01. The monoisotopic (exact) mass is 232 g/mol. The average Bonchev–Trinajstić information content (AvgIpc) is 2.88. The van der Waals surface area contributed by atoms with E-state index in [1.807, 2.05) is 16.9 Å². The minimum Gasteiger partial charge on any atom is -0.370 e. The van der Waals surface area contributed by atoms with Crippen LogP contribution in [0.5, 0.6) is 0 Å². The second-order valence-corrected chi connectivity index (χ2v) is 3.69. The summed E-state index contributed by atoms with van der Waals surface area (Å²) >= 11 is 0. The summed E-state index contributed by atoms with van der Waals surface area (Å²) in [6.45, 7) is 3.80. The van der Waals surface area contributed by atoms with Crippen LogP contribution in [0.4, 0.5) is 5.82 Å². The van der Waals surface area contributed by atoms with Gasteiger partial charge in [0, 0.05) is 31.0 Å². The summed E-state index contributed by atoms with van der Waals surface area (Å²) in [4.78, 5) is 8.32. The van der Waals surface area contributed by atoms with E-state index in [1.165, 1.54) is 0 Å². The van der Waals surface area contributed by atoms with Gasteiger partial charge in [0.1, 0.15) is 12.1 Å². The Labute approximate surface area is 100 Å². The van der Waals surface area contributed by atoms with Crippen molar-refractivity contribution in [3.05, 3.63) is 30.5 Å². The van der Waals surface area contributed by atoms with E-state index in [2.05, 4.69) is 32.5 Å². The van der Waals surface area contributed by atoms with Gasteiger partial charge >= 0.3 is 0 Å². The summed E-state index contributed by atoms with van der Waals surface area (Å²) in [6, 6.07) is 1.98. The van der Waals surface area contributed by atoms with Crippen molar-refractivity contribution in [2.75, 3.05) is 11.9 Å². The third kappa shape index (κ3) is 3.51. The van der Waals surface area contributed by atoms with E-state index in [-0.39, 0.29) is 0 Å². The number of aryl methyl sites for hydroxylation is 2. The normalized spacial score (nSPS) is 10.4. The lowest BCUT2D eigenvalue weighted by Crippen LogP contribution is -2.08. The molecule has 2 aromatic heterocycles. The molecule has 0 amide bonds. The fraction of sp³-hybridized carbons (Fsp3) is 0.455. The molecule has 2 rings (SSSR count). The first-order chi connectivity index (χ1) is 8.38. The highest BCUT2D eigenvalue weighted by molar-refractivity contribution is 5.34. The first kappa shape index (κ1) is 11.5. The quantitative estimate of drug-likeness (QED) is 0.756. The van der Waals surface area contributed by atoms with E-state index in [4.69, 9.17) is 0 Å². The number of hydrogen-bond donors (Lipinski definition) is 1. The van der Waals surface area contributed by atoms with Gasteiger partial charge in [-0.3, -0.25) is 4.68 Å². The molecule has 0 aliphatic carbocycles. The molecule has 0 aliphatic heterocycles. The predicted octanol–water partition coefficient (Wildman–Crippen LogP) is 1.13. The summed E-state index contributed by atoms with van der Waals surface area (Å²) in [5.41, 5.74) is 1.05. The Bertz CT molecular complexity index is 439. The van der Waals surface area contributed by atoms with Gasteiger partial charge in [-0.05, 0) is 12.8 Å². The van der Waals surface area contributed by atoms with Crippen LogP contribution in [0.15, 0.2) is 24.8 Å². The van der Waals surface area contributed by atoms with E-state index >= 15 is 0 Å². The number of nitrogens with zero attached hydrogens (tertiary/aromatic N) is 5. The van der Waals surface area contributed by atoms with Crippen LogP contribution in [0.2, 0.25) is 0 Å². The van der Waals surface area contributed by atoms with Crippen LogP contribution in [-0.2, 0) is 13.0 Å². The number of anilines is 1. The molecular weight excluding hydrogens is 216 g/mol. The molecular formula is C11H16N6. The number of rotatable bonds is 6. The molecule has 0 unspecified atom stereocenters. The smallest absolute Gasteiger partial charge is 0.129 e. The Balaban J connectivity index is 1.74. The van der Waals surface area contributed by atoms with Gasteiger partial charge in [-0.15, -0.1) is 5.10 Å². The molecule has 0 atom stereocenters. The third-order valence-electron chi connectivity index (χ3n) is 2.43. The molecule has 0 saturated heterocycles. The molecule has 17 heavy (non-hydrogen) atoms. The van der Waals surface area contributed by atoms with Crippen LogP contribution in [-0.4, -0.2) is 31.5 Å². The Morgan fingerprint density at radius 2 is 2.29 bits per heavy atom. The van der Waals surface area contributed by atoms with Crippen molar-refractivity contribution >= 4 is 5.82 Å². The molecule has 1 N–H and O–H groups in total. The molecule has 0 bridgehead atoms. The second-order valence-electron chi connectivity index (χ2n) is 3.69. The Morgan fingerprint density at radius 3 is 3.06 bits per heavy atom. The molecule has 0 aliphatic rings. The zero-order chi connectivity index (χ0) is 11.9. The largest absolute Gasteiger partial charge is 0.370 e. The molecule has 2 heterocycles.